The summed E-state index contributed by atoms with van der Waals surface area (Å²) in [7, 11) is 0. The maximum Gasteiger partial charge on any atom is 0.168 e. The molecule has 5 heteroatoms. The number of ether oxygens (including phenoxy) is 2. The Morgan fingerprint density at radius 3 is 2.78 bits per heavy atom. The van der Waals surface area contributed by atoms with Crippen LogP contribution in [0.5, 0.6) is 0 Å². The van der Waals surface area contributed by atoms with E-state index < -0.39 is 0 Å². The Balaban J connectivity index is 1.41. The Bertz CT molecular complexity index is 570. The normalized spacial score (nSPS) is 26.2. The van der Waals surface area contributed by atoms with E-state index in [9.17, 15) is 0 Å². The second-order valence-electron chi connectivity index (χ2n) is 7.15. The molecular weight excluding hydrogens is 290 g/mol. The maximum absolute atomic E-state index is 6.26. The lowest BCUT2D eigenvalue weighted by molar-refractivity contribution is -0.185. The quantitative estimate of drug-likeness (QED) is 0.928. The van der Waals surface area contributed by atoms with Gasteiger partial charge < -0.3 is 14.8 Å². The molecule has 126 valence electrons. The van der Waals surface area contributed by atoms with Crippen LogP contribution in [0.1, 0.15) is 62.0 Å². The molecule has 2 fully saturated rings. The van der Waals surface area contributed by atoms with Gasteiger partial charge in [0.15, 0.2) is 5.79 Å². The summed E-state index contributed by atoms with van der Waals surface area (Å²) in [6, 6.07) is 0. The number of hydrogen-bond acceptors (Lipinski definition) is 5. The van der Waals surface area contributed by atoms with E-state index in [1.54, 1.807) is 0 Å². The first-order chi connectivity index (χ1) is 11.2. The van der Waals surface area contributed by atoms with Crippen LogP contribution in [0.15, 0.2) is 0 Å². The number of anilines is 1. The maximum atomic E-state index is 6.26. The summed E-state index contributed by atoms with van der Waals surface area (Å²) >= 11 is 0. The fraction of sp³-hybridized carbons (Fsp3) is 0.778. The molecule has 1 saturated heterocycles. The summed E-state index contributed by atoms with van der Waals surface area (Å²) in [4.78, 5) is 9.25. The first-order valence-electron chi connectivity index (χ1n) is 9.16. The summed E-state index contributed by atoms with van der Waals surface area (Å²) in [5.41, 5.74) is 2.55. The second-order valence-corrected chi connectivity index (χ2v) is 7.15. The highest BCUT2D eigenvalue weighted by molar-refractivity contribution is 5.48. The Kier molecular flexibility index (Phi) is 4.24. The van der Waals surface area contributed by atoms with Crippen molar-refractivity contribution in [2.75, 3.05) is 18.5 Å². The van der Waals surface area contributed by atoms with Crippen molar-refractivity contribution in [3.63, 3.8) is 0 Å². The molecule has 1 unspecified atom stereocenters. The highest BCUT2D eigenvalue weighted by Gasteiger charge is 2.42. The lowest BCUT2D eigenvalue weighted by Crippen LogP contribution is -2.34. The molecule has 2 heterocycles. The van der Waals surface area contributed by atoms with E-state index in [-0.39, 0.29) is 11.9 Å². The summed E-state index contributed by atoms with van der Waals surface area (Å²) in [5.74, 6) is 1.59. The zero-order chi connectivity index (χ0) is 15.7. The van der Waals surface area contributed by atoms with E-state index in [1.807, 2.05) is 6.92 Å². The largest absolute Gasteiger partial charge is 0.367 e. The smallest absolute Gasteiger partial charge is 0.168 e. The van der Waals surface area contributed by atoms with Gasteiger partial charge in [-0.25, -0.2) is 9.97 Å². The first-order valence-corrected chi connectivity index (χ1v) is 9.16. The number of hydrogen-bond donors (Lipinski definition) is 1. The summed E-state index contributed by atoms with van der Waals surface area (Å²) in [6.45, 7) is 3.44. The molecule has 1 aromatic rings. The molecule has 1 saturated carbocycles. The monoisotopic (exact) mass is 317 g/mol. The third kappa shape index (κ3) is 3.22. The average molecular weight is 317 g/mol. The van der Waals surface area contributed by atoms with Crippen LogP contribution in [0.4, 0.5) is 5.82 Å². The Hall–Kier alpha value is -1.20. The van der Waals surface area contributed by atoms with Crippen LogP contribution in [0, 0.1) is 6.92 Å². The third-order valence-corrected chi connectivity index (χ3v) is 5.32. The molecule has 23 heavy (non-hydrogen) atoms. The van der Waals surface area contributed by atoms with Crippen molar-refractivity contribution >= 4 is 5.82 Å². The van der Waals surface area contributed by atoms with Crippen LogP contribution in [0.25, 0.3) is 0 Å². The molecule has 1 aliphatic heterocycles. The predicted octanol–water partition coefficient (Wildman–Crippen LogP) is 3.15. The van der Waals surface area contributed by atoms with Gasteiger partial charge >= 0.3 is 0 Å². The molecule has 1 spiro atoms. The zero-order valence-corrected chi connectivity index (χ0v) is 14.1. The van der Waals surface area contributed by atoms with Crippen molar-refractivity contribution in [2.45, 2.75) is 76.6 Å². The minimum Gasteiger partial charge on any atom is -0.367 e. The van der Waals surface area contributed by atoms with Crippen molar-refractivity contribution in [3.05, 3.63) is 17.1 Å². The molecule has 1 N–H and O–H groups in total. The van der Waals surface area contributed by atoms with Gasteiger partial charge in [-0.15, -0.1) is 0 Å². The lowest BCUT2D eigenvalue weighted by Gasteiger charge is -2.31. The Morgan fingerprint density at radius 2 is 1.91 bits per heavy atom. The summed E-state index contributed by atoms with van der Waals surface area (Å²) < 4.78 is 12.3. The molecule has 1 atom stereocenters. The highest BCUT2D eigenvalue weighted by Crippen LogP contribution is 2.37. The van der Waals surface area contributed by atoms with Crippen molar-refractivity contribution < 1.29 is 9.47 Å². The van der Waals surface area contributed by atoms with Gasteiger partial charge in [0.25, 0.3) is 0 Å². The van der Waals surface area contributed by atoms with Gasteiger partial charge in [0.2, 0.25) is 0 Å². The van der Waals surface area contributed by atoms with Gasteiger partial charge in [-0.1, -0.05) is 6.42 Å². The molecule has 0 aromatic carbocycles. The number of fused-ring (bicyclic) bond motifs is 1. The van der Waals surface area contributed by atoms with Crippen molar-refractivity contribution in [2.24, 2.45) is 0 Å². The number of rotatable bonds is 3. The molecule has 5 nitrogen and oxygen atoms in total. The molecule has 3 aliphatic rings. The van der Waals surface area contributed by atoms with Crippen LogP contribution in [0.3, 0.4) is 0 Å². The fourth-order valence-corrected chi connectivity index (χ4v) is 4.14. The molecule has 0 radical (unpaired) electrons. The minimum absolute atomic E-state index is 0.127. The topological polar surface area (TPSA) is 56.3 Å². The van der Waals surface area contributed by atoms with E-state index in [0.717, 1.165) is 43.9 Å². The SMILES string of the molecule is Cc1nc2c(c(NCC3COC4(CCCCC4)O3)n1)CCCC2. The van der Waals surface area contributed by atoms with Crippen molar-refractivity contribution in [1.82, 2.24) is 9.97 Å². The lowest BCUT2D eigenvalue weighted by atomic mass is 9.94. The molecular formula is C18H27N3O2. The fourth-order valence-electron chi connectivity index (χ4n) is 4.14. The Labute approximate surface area is 138 Å². The molecule has 1 aromatic heterocycles. The summed E-state index contributed by atoms with van der Waals surface area (Å²) in [5, 5.41) is 3.52. The third-order valence-electron chi connectivity index (χ3n) is 5.32. The standard InChI is InChI=1S/C18H27N3O2/c1-13-20-16-8-4-3-7-15(16)17(21-13)19-11-14-12-22-18(23-14)9-5-2-6-10-18/h14H,2-12H2,1H3,(H,19,20,21). The van der Waals surface area contributed by atoms with E-state index in [2.05, 4.69) is 15.3 Å². The average Bonchev–Trinajstić information content (AvgIpc) is 2.95. The molecule has 0 bridgehead atoms. The van der Waals surface area contributed by atoms with Crippen LogP contribution in [0.2, 0.25) is 0 Å². The molecule has 2 aliphatic carbocycles. The second kappa shape index (κ2) is 6.36. The molecule has 0 amide bonds. The first kappa shape index (κ1) is 15.3. The van der Waals surface area contributed by atoms with Crippen LogP contribution >= 0.6 is 0 Å². The van der Waals surface area contributed by atoms with Crippen molar-refractivity contribution in [1.29, 1.82) is 0 Å². The highest BCUT2D eigenvalue weighted by atomic mass is 16.7. The van der Waals surface area contributed by atoms with Crippen LogP contribution in [-0.2, 0) is 22.3 Å². The van der Waals surface area contributed by atoms with E-state index >= 15 is 0 Å². The van der Waals surface area contributed by atoms with Gasteiger partial charge in [-0.3, -0.25) is 0 Å². The van der Waals surface area contributed by atoms with E-state index in [1.165, 1.54) is 43.4 Å². The van der Waals surface area contributed by atoms with Gasteiger partial charge in [-0.05, 0) is 45.4 Å². The van der Waals surface area contributed by atoms with E-state index in [4.69, 9.17) is 9.47 Å². The van der Waals surface area contributed by atoms with Gasteiger partial charge in [0.1, 0.15) is 17.7 Å². The zero-order valence-electron chi connectivity index (χ0n) is 14.1. The summed E-state index contributed by atoms with van der Waals surface area (Å²) in [6.07, 6.45) is 10.6. The van der Waals surface area contributed by atoms with E-state index in [0.29, 0.717) is 6.61 Å². The van der Waals surface area contributed by atoms with Crippen molar-refractivity contribution in [3.8, 4) is 0 Å². The van der Waals surface area contributed by atoms with Gasteiger partial charge in [0.05, 0.1) is 6.61 Å². The van der Waals surface area contributed by atoms with Crippen LogP contribution in [-0.4, -0.2) is 35.0 Å². The number of nitrogens with zero attached hydrogens (tertiary/aromatic N) is 2. The van der Waals surface area contributed by atoms with Gasteiger partial charge in [-0.2, -0.15) is 0 Å². The molecule has 4 rings (SSSR count). The minimum atomic E-state index is -0.286. The van der Waals surface area contributed by atoms with Gasteiger partial charge in [0, 0.05) is 30.6 Å². The Morgan fingerprint density at radius 1 is 1.09 bits per heavy atom. The number of aryl methyl sites for hydroxylation is 2. The number of aromatic nitrogens is 2. The van der Waals surface area contributed by atoms with Crippen LogP contribution < -0.4 is 5.32 Å². The number of nitrogens with one attached hydrogen (secondary N) is 1. The predicted molar refractivity (Wildman–Crippen MR) is 88.5 cm³/mol.